The Morgan fingerprint density at radius 2 is 2.33 bits per heavy atom. The third-order valence-electron chi connectivity index (χ3n) is 2.76. The molecule has 0 aromatic carbocycles. The van der Waals surface area contributed by atoms with E-state index in [0.29, 0.717) is 25.9 Å². The van der Waals surface area contributed by atoms with Crippen molar-refractivity contribution in [1.29, 1.82) is 0 Å². The zero-order chi connectivity index (χ0) is 11.3. The SMILES string of the molecule is CCOC(=O)C(CC)N1CCOCC1C. The molecule has 0 radical (unpaired) electrons. The quantitative estimate of drug-likeness (QED) is 0.657. The van der Waals surface area contributed by atoms with Crippen LogP contribution >= 0.6 is 0 Å². The van der Waals surface area contributed by atoms with Gasteiger partial charge in [0.1, 0.15) is 6.04 Å². The van der Waals surface area contributed by atoms with Gasteiger partial charge in [0, 0.05) is 12.6 Å². The highest BCUT2D eigenvalue weighted by atomic mass is 16.5. The van der Waals surface area contributed by atoms with Crippen molar-refractivity contribution in [2.24, 2.45) is 0 Å². The number of carbonyl (C=O) groups is 1. The van der Waals surface area contributed by atoms with Gasteiger partial charge in [-0.1, -0.05) is 6.92 Å². The van der Waals surface area contributed by atoms with Gasteiger partial charge < -0.3 is 9.47 Å². The van der Waals surface area contributed by atoms with Crippen molar-refractivity contribution in [3.8, 4) is 0 Å². The number of nitrogens with zero attached hydrogens (tertiary/aromatic N) is 1. The van der Waals surface area contributed by atoms with Gasteiger partial charge in [-0.15, -0.1) is 0 Å². The van der Waals surface area contributed by atoms with E-state index in [1.165, 1.54) is 0 Å². The van der Waals surface area contributed by atoms with Gasteiger partial charge in [0.2, 0.25) is 0 Å². The fraction of sp³-hybridized carbons (Fsp3) is 0.909. The first-order chi connectivity index (χ1) is 7.20. The Kier molecular flexibility index (Phi) is 5.05. The van der Waals surface area contributed by atoms with Gasteiger partial charge >= 0.3 is 5.97 Å². The summed E-state index contributed by atoms with van der Waals surface area (Å²) in [5.41, 5.74) is 0. The van der Waals surface area contributed by atoms with E-state index in [0.717, 1.165) is 13.0 Å². The Bertz CT molecular complexity index is 208. The van der Waals surface area contributed by atoms with Crippen molar-refractivity contribution in [2.75, 3.05) is 26.4 Å². The van der Waals surface area contributed by atoms with Crippen LogP contribution in [0.25, 0.3) is 0 Å². The second kappa shape index (κ2) is 6.08. The maximum atomic E-state index is 11.7. The van der Waals surface area contributed by atoms with E-state index in [2.05, 4.69) is 11.8 Å². The Morgan fingerprint density at radius 3 is 2.87 bits per heavy atom. The fourth-order valence-corrected chi connectivity index (χ4v) is 1.98. The summed E-state index contributed by atoms with van der Waals surface area (Å²) in [6.07, 6.45) is 0.795. The first-order valence-electron chi connectivity index (χ1n) is 5.70. The van der Waals surface area contributed by atoms with Crippen molar-refractivity contribution >= 4 is 5.97 Å². The lowest BCUT2D eigenvalue weighted by Crippen LogP contribution is -2.52. The molecule has 1 rings (SSSR count). The van der Waals surface area contributed by atoms with Crippen LogP contribution in [0.4, 0.5) is 0 Å². The molecule has 4 nitrogen and oxygen atoms in total. The van der Waals surface area contributed by atoms with Crippen LogP contribution in [-0.4, -0.2) is 49.3 Å². The van der Waals surface area contributed by atoms with Gasteiger partial charge in [-0.2, -0.15) is 0 Å². The first-order valence-corrected chi connectivity index (χ1v) is 5.70. The molecule has 0 saturated carbocycles. The van der Waals surface area contributed by atoms with Crippen LogP contribution in [0.2, 0.25) is 0 Å². The lowest BCUT2D eigenvalue weighted by atomic mass is 10.1. The molecule has 0 aliphatic carbocycles. The van der Waals surface area contributed by atoms with Gasteiger partial charge in [0.15, 0.2) is 0 Å². The molecule has 0 spiro atoms. The molecule has 1 heterocycles. The minimum absolute atomic E-state index is 0.103. The highest BCUT2D eigenvalue weighted by molar-refractivity contribution is 5.75. The molecule has 0 amide bonds. The van der Waals surface area contributed by atoms with E-state index in [1.54, 1.807) is 0 Å². The number of rotatable bonds is 4. The van der Waals surface area contributed by atoms with Crippen LogP contribution < -0.4 is 0 Å². The molecule has 0 N–H and O–H groups in total. The van der Waals surface area contributed by atoms with Gasteiger partial charge in [0.25, 0.3) is 0 Å². The summed E-state index contributed by atoms with van der Waals surface area (Å²) in [5, 5.41) is 0. The zero-order valence-electron chi connectivity index (χ0n) is 9.86. The lowest BCUT2D eigenvalue weighted by molar-refractivity contribution is -0.153. The van der Waals surface area contributed by atoms with Crippen LogP contribution in [0.3, 0.4) is 0 Å². The van der Waals surface area contributed by atoms with E-state index in [9.17, 15) is 4.79 Å². The van der Waals surface area contributed by atoms with Crippen molar-refractivity contribution in [1.82, 2.24) is 4.90 Å². The largest absolute Gasteiger partial charge is 0.465 e. The number of morpholine rings is 1. The molecule has 1 aliphatic rings. The molecule has 1 fully saturated rings. The molecule has 0 aromatic rings. The molecule has 88 valence electrons. The Morgan fingerprint density at radius 1 is 1.60 bits per heavy atom. The molecule has 2 atom stereocenters. The fourth-order valence-electron chi connectivity index (χ4n) is 1.98. The Labute approximate surface area is 91.5 Å². The highest BCUT2D eigenvalue weighted by Crippen LogP contribution is 2.14. The number of hydrogen-bond donors (Lipinski definition) is 0. The van der Waals surface area contributed by atoms with Crippen molar-refractivity contribution in [2.45, 2.75) is 39.3 Å². The molecule has 15 heavy (non-hydrogen) atoms. The predicted molar refractivity (Wildman–Crippen MR) is 57.7 cm³/mol. The van der Waals surface area contributed by atoms with E-state index < -0.39 is 0 Å². The summed E-state index contributed by atoms with van der Waals surface area (Å²) in [7, 11) is 0. The van der Waals surface area contributed by atoms with Crippen molar-refractivity contribution < 1.29 is 14.3 Å². The predicted octanol–water partition coefficient (Wildman–Crippen LogP) is 1.05. The molecule has 0 aromatic heterocycles. The lowest BCUT2D eigenvalue weighted by Gasteiger charge is -2.37. The standard InChI is InChI=1S/C11H21NO3/c1-4-10(11(13)15-5-2)12-6-7-14-8-9(12)3/h9-10H,4-8H2,1-3H3. The molecule has 0 bridgehead atoms. The van der Waals surface area contributed by atoms with E-state index in [-0.39, 0.29) is 12.0 Å². The van der Waals surface area contributed by atoms with Crippen LogP contribution in [0.1, 0.15) is 27.2 Å². The summed E-state index contributed by atoms with van der Waals surface area (Å²) >= 11 is 0. The summed E-state index contributed by atoms with van der Waals surface area (Å²) in [6, 6.07) is 0.192. The van der Waals surface area contributed by atoms with Crippen LogP contribution in [0, 0.1) is 0 Å². The summed E-state index contributed by atoms with van der Waals surface area (Å²) in [4.78, 5) is 13.9. The smallest absolute Gasteiger partial charge is 0.323 e. The van der Waals surface area contributed by atoms with Crippen LogP contribution in [0.15, 0.2) is 0 Å². The maximum absolute atomic E-state index is 11.7. The van der Waals surface area contributed by atoms with E-state index in [1.807, 2.05) is 13.8 Å². The zero-order valence-corrected chi connectivity index (χ0v) is 9.86. The van der Waals surface area contributed by atoms with E-state index >= 15 is 0 Å². The van der Waals surface area contributed by atoms with Gasteiger partial charge in [-0.05, 0) is 20.3 Å². The second-order valence-corrected chi connectivity index (χ2v) is 3.84. The summed E-state index contributed by atoms with van der Waals surface area (Å²) in [5.74, 6) is -0.103. The normalized spacial score (nSPS) is 24.9. The van der Waals surface area contributed by atoms with Gasteiger partial charge in [0.05, 0.1) is 19.8 Å². The minimum Gasteiger partial charge on any atom is -0.465 e. The monoisotopic (exact) mass is 215 g/mol. The minimum atomic E-state index is -0.108. The second-order valence-electron chi connectivity index (χ2n) is 3.84. The molecular formula is C11H21NO3. The first kappa shape index (κ1) is 12.5. The number of ether oxygens (including phenoxy) is 2. The maximum Gasteiger partial charge on any atom is 0.323 e. The third-order valence-corrected chi connectivity index (χ3v) is 2.76. The molecule has 2 unspecified atom stereocenters. The Balaban J connectivity index is 2.59. The molecule has 4 heteroatoms. The Hall–Kier alpha value is -0.610. The summed E-state index contributed by atoms with van der Waals surface area (Å²) in [6.45, 7) is 8.63. The van der Waals surface area contributed by atoms with Crippen LogP contribution in [0.5, 0.6) is 0 Å². The third kappa shape index (κ3) is 3.18. The number of esters is 1. The van der Waals surface area contributed by atoms with Gasteiger partial charge in [-0.25, -0.2) is 0 Å². The molecule has 1 aliphatic heterocycles. The van der Waals surface area contributed by atoms with Crippen molar-refractivity contribution in [3.05, 3.63) is 0 Å². The van der Waals surface area contributed by atoms with E-state index in [4.69, 9.17) is 9.47 Å². The topological polar surface area (TPSA) is 38.8 Å². The molecular weight excluding hydrogens is 194 g/mol. The molecule has 1 saturated heterocycles. The average Bonchev–Trinajstić information content (AvgIpc) is 2.22. The van der Waals surface area contributed by atoms with Crippen LogP contribution in [-0.2, 0) is 14.3 Å². The van der Waals surface area contributed by atoms with Gasteiger partial charge in [-0.3, -0.25) is 9.69 Å². The average molecular weight is 215 g/mol. The highest BCUT2D eigenvalue weighted by Gasteiger charge is 2.30. The van der Waals surface area contributed by atoms with Crippen molar-refractivity contribution in [3.63, 3.8) is 0 Å². The number of hydrogen-bond acceptors (Lipinski definition) is 4. The summed E-state index contributed by atoms with van der Waals surface area (Å²) < 4.78 is 10.4. The number of carbonyl (C=O) groups excluding carboxylic acids is 1.